The maximum Gasteiger partial charge on any atom is 0.207 e. The van der Waals surface area contributed by atoms with Gasteiger partial charge >= 0.3 is 0 Å². The minimum absolute atomic E-state index is 0.0770. The van der Waals surface area contributed by atoms with Crippen molar-refractivity contribution in [1.82, 2.24) is 0 Å². The number of phenolic OH excluding ortho intramolecular Hbond substituents is 2. The van der Waals surface area contributed by atoms with Crippen LogP contribution >= 0.6 is 0 Å². The largest absolute Gasteiger partial charge is 0.504 e. The second-order valence-corrected chi connectivity index (χ2v) is 6.25. The second kappa shape index (κ2) is 7.84. The first kappa shape index (κ1) is 19.6. The third kappa shape index (κ3) is 3.04. The first-order valence-corrected chi connectivity index (χ1v) is 8.62. The van der Waals surface area contributed by atoms with Gasteiger partial charge in [-0.3, -0.25) is 0 Å². The highest BCUT2D eigenvalue weighted by Gasteiger charge is 2.32. The maximum atomic E-state index is 10.7. The monoisotopic (exact) mass is 392 g/mol. The van der Waals surface area contributed by atoms with Gasteiger partial charge in [0.2, 0.25) is 23.0 Å². The molecule has 0 bridgehead atoms. The molecule has 28 heavy (non-hydrogen) atoms. The first-order valence-electron chi connectivity index (χ1n) is 8.62. The van der Waals surface area contributed by atoms with Gasteiger partial charge < -0.3 is 38.6 Å². The van der Waals surface area contributed by atoms with Crippen molar-refractivity contribution in [3.63, 3.8) is 0 Å². The van der Waals surface area contributed by atoms with E-state index in [1.54, 1.807) is 7.11 Å². The molecule has 1 aliphatic rings. The standard InChI is InChI=1S/C20H24O8/c1-23-14-7-10-6-11(9-28-16(10)20(27-5)18(14)25-3)12-8-13(21)17(24-2)19(26-4)15(12)22/h7-8,11,21-22H,6,9H2,1-5H3. The van der Waals surface area contributed by atoms with E-state index in [1.165, 1.54) is 34.5 Å². The smallest absolute Gasteiger partial charge is 0.207 e. The van der Waals surface area contributed by atoms with Gasteiger partial charge in [-0.15, -0.1) is 0 Å². The van der Waals surface area contributed by atoms with Crippen LogP contribution in [0.3, 0.4) is 0 Å². The van der Waals surface area contributed by atoms with Crippen molar-refractivity contribution in [2.45, 2.75) is 12.3 Å². The van der Waals surface area contributed by atoms with Crippen molar-refractivity contribution in [3.05, 3.63) is 23.3 Å². The Bertz CT molecular complexity index is 877. The molecular formula is C20H24O8. The van der Waals surface area contributed by atoms with Crippen molar-refractivity contribution in [2.75, 3.05) is 42.2 Å². The Balaban J connectivity index is 2.06. The second-order valence-electron chi connectivity index (χ2n) is 6.25. The van der Waals surface area contributed by atoms with E-state index < -0.39 is 0 Å². The van der Waals surface area contributed by atoms with Crippen molar-refractivity contribution in [1.29, 1.82) is 0 Å². The number of rotatable bonds is 6. The summed E-state index contributed by atoms with van der Waals surface area (Å²) in [6, 6.07) is 3.29. The van der Waals surface area contributed by atoms with Crippen molar-refractivity contribution >= 4 is 0 Å². The molecule has 0 saturated heterocycles. The zero-order valence-electron chi connectivity index (χ0n) is 16.5. The lowest BCUT2D eigenvalue weighted by Crippen LogP contribution is -2.20. The van der Waals surface area contributed by atoms with E-state index in [-0.39, 0.29) is 35.5 Å². The third-order valence-corrected chi connectivity index (χ3v) is 4.82. The number of ether oxygens (including phenoxy) is 6. The Morgan fingerprint density at radius 3 is 2.04 bits per heavy atom. The number of aromatic hydroxyl groups is 2. The summed E-state index contributed by atoms with van der Waals surface area (Å²) in [6.07, 6.45) is 0.522. The zero-order valence-corrected chi connectivity index (χ0v) is 16.5. The lowest BCUT2D eigenvalue weighted by molar-refractivity contribution is 0.235. The molecule has 0 fully saturated rings. The van der Waals surface area contributed by atoms with Crippen LogP contribution in [0, 0.1) is 0 Å². The molecule has 8 heteroatoms. The minimum atomic E-state index is -0.235. The van der Waals surface area contributed by atoms with Crippen molar-refractivity contribution < 1.29 is 38.6 Å². The van der Waals surface area contributed by atoms with Gasteiger partial charge in [0.25, 0.3) is 0 Å². The fraction of sp³-hybridized carbons (Fsp3) is 0.400. The number of hydrogen-bond donors (Lipinski definition) is 2. The quantitative estimate of drug-likeness (QED) is 0.725. The first-order chi connectivity index (χ1) is 13.5. The summed E-state index contributed by atoms with van der Waals surface area (Å²) in [4.78, 5) is 0. The fourth-order valence-electron chi connectivity index (χ4n) is 3.53. The Labute approximate surface area is 163 Å². The molecule has 0 saturated carbocycles. The van der Waals surface area contributed by atoms with Crippen LogP contribution in [0.25, 0.3) is 0 Å². The van der Waals surface area contributed by atoms with Crippen LogP contribution in [0.1, 0.15) is 17.0 Å². The fourth-order valence-corrected chi connectivity index (χ4v) is 3.53. The summed E-state index contributed by atoms with van der Waals surface area (Å²) < 4.78 is 32.6. The van der Waals surface area contributed by atoms with E-state index in [0.717, 1.165) is 5.56 Å². The Kier molecular flexibility index (Phi) is 5.48. The van der Waals surface area contributed by atoms with Gasteiger partial charge in [0, 0.05) is 17.0 Å². The van der Waals surface area contributed by atoms with E-state index in [2.05, 4.69) is 0 Å². The van der Waals surface area contributed by atoms with E-state index in [9.17, 15) is 10.2 Å². The summed E-state index contributed by atoms with van der Waals surface area (Å²) in [6.45, 7) is 0.265. The van der Waals surface area contributed by atoms with Crippen LogP contribution in [0.15, 0.2) is 12.1 Å². The number of hydrogen-bond acceptors (Lipinski definition) is 8. The SMILES string of the molecule is COc1cc2c(c(OC)c1OC)OCC(c1cc(O)c(OC)c(OC)c1O)C2. The molecule has 0 radical (unpaired) electrons. The number of fused-ring (bicyclic) bond motifs is 1. The van der Waals surface area contributed by atoms with Crippen molar-refractivity contribution in [2.24, 2.45) is 0 Å². The molecule has 0 aliphatic carbocycles. The molecule has 152 valence electrons. The molecule has 1 heterocycles. The molecule has 1 atom stereocenters. The highest BCUT2D eigenvalue weighted by Crippen LogP contribution is 2.52. The minimum Gasteiger partial charge on any atom is -0.504 e. The van der Waals surface area contributed by atoms with Gasteiger partial charge in [0.1, 0.15) is 0 Å². The van der Waals surface area contributed by atoms with Crippen LogP contribution in [0.4, 0.5) is 0 Å². The summed E-state index contributed by atoms with van der Waals surface area (Å²) in [5.74, 6) is 1.69. The van der Waals surface area contributed by atoms with Gasteiger partial charge in [-0.05, 0) is 18.6 Å². The zero-order chi connectivity index (χ0) is 20.4. The molecule has 2 aromatic carbocycles. The summed E-state index contributed by atoms with van der Waals surface area (Å²) in [5.41, 5.74) is 1.33. The van der Waals surface area contributed by atoms with E-state index in [0.29, 0.717) is 35.0 Å². The van der Waals surface area contributed by atoms with Crippen LogP contribution < -0.4 is 28.4 Å². The van der Waals surface area contributed by atoms with Gasteiger partial charge in [-0.2, -0.15) is 0 Å². The maximum absolute atomic E-state index is 10.7. The van der Waals surface area contributed by atoms with Gasteiger partial charge in [0.15, 0.2) is 23.0 Å². The molecule has 0 aromatic heterocycles. The summed E-state index contributed by atoms with van der Waals surface area (Å²) >= 11 is 0. The number of benzene rings is 2. The molecule has 1 aliphatic heterocycles. The summed E-state index contributed by atoms with van der Waals surface area (Å²) in [7, 11) is 7.40. The van der Waals surface area contributed by atoms with E-state index >= 15 is 0 Å². The van der Waals surface area contributed by atoms with Crippen LogP contribution in [-0.2, 0) is 6.42 Å². The molecule has 2 N–H and O–H groups in total. The molecule has 0 spiro atoms. The Hall–Kier alpha value is -3.16. The van der Waals surface area contributed by atoms with E-state index in [4.69, 9.17) is 28.4 Å². The average Bonchev–Trinajstić information content (AvgIpc) is 2.72. The van der Waals surface area contributed by atoms with Gasteiger partial charge in [-0.25, -0.2) is 0 Å². The average molecular weight is 392 g/mol. The number of methoxy groups -OCH3 is 5. The topological polar surface area (TPSA) is 95.8 Å². The van der Waals surface area contributed by atoms with Crippen LogP contribution in [0.2, 0.25) is 0 Å². The lowest BCUT2D eigenvalue weighted by Gasteiger charge is -2.29. The van der Waals surface area contributed by atoms with Crippen LogP contribution in [-0.4, -0.2) is 52.4 Å². The molecule has 2 aromatic rings. The molecule has 1 unspecified atom stereocenters. The Morgan fingerprint density at radius 2 is 1.46 bits per heavy atom. The molecular weight excluding hydrogens is 368 g/mol. The normalized spacial score (nSPS) is 15.2. The highest BCUT2D eigenvalue weighted by atomic mass is 16.5. The lowest BCUT2D eigenvalue weighted by atomic mass is 9.88. The predicted octanol–water partition coefficient (Wildman–Crippen LogP) is 2.86. The van der Waals surface area contributed by atoms with Crippen LogP contribution in [0.5, 0.6) is 46.0 Å². The van der Waals surface area contributed by atoms with Gasteiger partial charge in [-0.1, -0.05) is 0 Å². The Morgan fingerprint density at radius 1 is 0.821 bits per heavy atom. The number of phenols is 2. The summed E-state index contributed by atoms with van der Waals surface area (Å²) in [5, 5.41) is 20.9. The predicted molar refractivity (Wildman–Crippen MR) is 101 cm³/mol. The van der Waals surface area contributed by atoms with Crippen molar-refractivity contribution in [3.8, 4) is 46.0 Å². The highest BCUT2D eigenvalue weighted by molar-refractivity contribution is 5.65. The van der Waals surface area contributed by atoms with Gasteiger partial charge in [0.05, 0.1) is 42.2 Å². The molecule has 8 nitrogen and oxygen atoms in total. The van der Waals surface area contributed by atoms with E-state index in [1.807, 2.05) is 6.07 Å². The molecule has 3 rings (SSSR count). The molecule has 0 amide bonds. The third-order valence-electron chi connectivity index (χ3n) is 4.82.